The fourth-order valence-electron chi connectivity index (χ4n) is 2.89. The van der Waals surface area contributed by atoms with Gasteiger partial charge in [-0.25, -0.2) is 8.42 Å². The molecule has 1 atom stereocenters. The van der Waals surface area contributed by atoms with E-state index in [9.17, 15) is 13.2 Å². The van der Waals surface area contributed by atoms with Gasteiger partial charge in [0.2, 0.25) is 15.9 Å². The number of para-hydroxylation sites is 2. The third-order valence-electron chi connectivity index (χ3n) is 4.03. The highest BCUT2D eigenvalue weighted by Crippen LogP contribution is 2.27. The predicted octanol–water partition coefficient (Wildman–Crippen LogP) is 3.58. The summed E-state index contributed by atoms with van der Waals surface area (Å²) in [7, 11) is -3.66. The first-order valence-corrected chi connectivity index (χ1v) is 10.7. The number of ether oxygens (including phenoxy) is 1. The topological polar surface area (TPSA) is 75.7 Å². The molecule has 0 radical (unpaired) electrons. The Morgan fingerprint density at radius 2 is 1.85 bits per heavy atom. The van der Waals surface area contributed by atoms with Crippen LogP contribution in [0.2, 0.25) is 0 Å². The number of hydrogen-bond donors (Lipinski definition) is 1. The number of carbonyl (C=O) groups excluding carboxylic acids is 1. The number of rotatable bonds is 8. The molecule has 27 heavy (non-hydrogen) atoms. The standard InChI is InChI=1S/C20H26N2O4S/c1-5-18(20(23)21-17-12-7-8-13-19(17)26-6-2)22(27(4,24)25)16-11-9-10-15(3)14-16/h7-14,18H,5-6H2,1-4H3,(H,21,23)/t18-/m0/s1. The lowest BCUT2D eigenvalue weighted by atomic mass is 10.1. The van der Waals surface area contributed by atoms with E-state index >= 15 is 0 Å². The van der Waals surface area contributed by atoms with Crippen LogP contribution in [0.3, 0.4) is 0 Å². The van der Waals surface area contributed by atoms with Gasteiger partial charge in [0.05, 0.1) is 24.2 Å². The van der Waals surface area contributed by atoms with Gasteiger partial charge in [0, 0.05) is 0 Å². The first-order valence-electron chi connectivity index (χ1n) is 8.86. The summed E-state index contributed by atoms with van der Waals surface area (Å²) in [5, 5.41) is 2.81. The van der Waals surface area contributed by atoms with Crippen LogP contribution in [0.1, 0.15) is 25.8 Å². The number of benzene rings is 2. The summed E-state index contributed by atoms with van der Waals surface area (Å²) in [5.41, 5.74) is 1.90. The van der Waals surface area contributed by atoms with Crippen LogP contribution >= 0.6 is 0 Å². The van der Waals surface area contributed by atoms with Crippen LogP contribution < -0.4 is 14.4 Å². The maximum absolute atomic E-state index is 13.0. The molecule has 146 valence electrons. The molecule has 1 amide bonds. The monoisotopic (exact) mass is 390 g/mol. The zero-order valence-electron chi connectivity index (χ0n) is 16.1. The van der Waals surface area contributed by atoms with Crippen LogP contribution in [0.15, 0.2) is 48.5 Å². The van der Waals surface area contributed by atoms with Crippen LogP contribution in [0.4, 0.5) is 11.4 Å². The zero-order chi connectivity index (χ0) is 20.0. The molecule has 0 saturated carbocycles. The van der Waals surface area contributed by atoms with E-state index in [0.29, 0.717) is 30.2 Å². The quantitative estimate of drug-likeness (QED) is 0.748. The maximum atomic E-state index is 13.0. The van der Waals surface area contributed by atoms with E-state index in [1.54, 1.807) is 43.3 Å². The molecule has 0 fully saturated rings. The molecule has 2 aromatic carbocycles. The third-order valence-corrected chi connectivity index (χ3v) is 5.21. The number of anilines is 2. The summed E-state index contributed by atoms with van der Waals surface area (Å²) in [4.78, 5) is 13.0. The summed E-state index contributed by atoms with van der Waals surface area (Å²) < 4.78 is 31.7. The van der Waals surface area contributed by atoms with E-state index in [1.165, 1.54) is 4.31 Å². The van der Waals surface area contributed by atoms with Gasteiger partial charge in [-0.05, 0) is 50.1 Å². The first-order chi connectivity index (χ1) is 12.8. The highest BCUT2D eigenvalue weighted by molar-refractivity contribution is 7.92. The molecular weight excluding hydrogens is 364 g/mol. The molecule has 7 heteroatoms. The van der Waals surface area contributed by atoms with Gasteiger partial charge < -0.3 is 10.1 Å². The number of nitrogens with zero attached hydrogens (tertiary/aromatic N) is 1. The van der Waals surface area contributed by atoms with Gasteiger partial charge in [0.15, 0.2) is 0 Å². The second-order valence-electron chi connectivity index (χ2n) is 6.24. The van der Waals surface area contributed by atoms with Gasteiger partial charge in [0.1, 0.15) is 11.8 Å². The Balaban J connectivity index is 2.38. The molecule has 6 nitrogen and oxygen atoms in total. The molecule has 2 aromatic rings. The largest absolute Gasteiger partial charge is 0.492 e. The summed E-state index contributed by atoms with van der Waals surface area (Å²) in [6.45, 7) is 5.98. The fraction of sp³-hybridized carbons (Fsp3) is 0.350. The highest BCUT2D eigenvalue weighted by atomic mass is 32.2. The minimum Gasteiger partial charge on any atom is -0.492 e. The summed E-state index contributed by atoms with van der Waals surface area (Å²) >= 11 is 0. The van der Waals surface area contributed by atoms with Crippen molar-refractivity contribution in [2.75, 3.05) is 22.5 Å². The van der Waals surface area contributed by atoms with Gasteiger partial charge in [-0.3, -0.25) is 9.10 Å². The second-order valence-corrected chi connectivity index (χ2v) is 8.10. The molecule has 0 aliphatic heterocycles. The summed E-state index contributed by atoms with van der Waals surface area (Å²) in [6, 6.07) is 13.3. The van der Waals surface area contributed by atoms with Gasteiger partial charge in [0.25, 0.3) is 0 Å². The predicted molar refractivity (Wildman–Crippen MR) is 109 cm³/mol. The van der Waals surface area contributed by atoms with E-state index in [-0.39, 0.29) is 0 Å². The van der Waals surface area contributed by atoms with Crippen molar-refractivity contribution < 1.29 is 17.9 Å². The molecule has 2 rings (SSSR count). The summed E-state index contributed by atoms with van der Waals surface area (Å²) in [6.07, 6.45) is 1.43. The second kappa shape index (κ2) is 8.90. The Bertz CT molecular complexity index is 896. The lowest BCUT2D eigenvalue weighted by molar-refractivity contribution is -0.117. The molecule has 0 aliphatic rings. The maximum Gasteiger partial charge on any atom is 0.248 e. The number of sulfonamides is 1. The van der Waals surface area contributed by atoms with Crippen molar-refractivity contribution in [3.8, 4) is 5.75 Å². The lowest BCUT2D eigenvalue weighted by Gasteiger charge is -2.30. The molecule has 0 spiro atoms. The van der Waals surface area contributed by atoms with Crippen molar-refractivity contribution in [3.63, 3.8) is 0 Å². The van der Waals surface area contributed by atoms with Gasteiger partial charge in [-0.2, -0.15) is 0 Å². The van der Waals surface area contributed by atoms with E-state index in [2.05, 4.69) is 5.32 Å². The highest BCUT2D eigenvalue weighted by Gasteiger charge is 2.31. The average molecular weight is 391 g/mol. The van der Waals surface area contributed by atoms with Crippen molar-refractivity contribution in [3.05, 3.63) is 54.1 Å². The van der Waals surface area contributed by atoms with Crippen LogP contribution in [-0.4, -0.2) is 33.2 Å². The van der Waals surface area contributed by atoms with E-state index in [0.717, 1.165) is 11.8 Å². The molecule has 0 unspecified atom stereocenters. The van der Waals surface area contributed by atoms with Crippen LogP contribution in [0.5, 0.6) is 5.75 Å². The SMILES string of the molecule is CCOc1ccccc1NC(=O)[C@H](CC)N(c1cccc(C)c1)S(C)(=O)=O. The van der Waals surface area contributed by atoms with Crippen molar-refractivity contribution >= 4 is 27.3 Å². The number of nitrogens with one attached hydrogen (secondary N) is 1. The number of hydrogen-bond acceptors (Lipinski definition) is 4. The Morgan fingerprint density at radius 1 is 1.15 bits per heavy atom. The Morgan fingerprint density at radius 3 is 2.44 bits per heavy atom. The minimum atomic E-state index is -3.66. The smallest absolute Gasteiger partial charge is 0.248 e. The Kier molecular flexibility index (Phi) is 6.85. The Labute approximate surface area is 161 Å². The number of amides is 1. The van der Waals surface area contributed by atoms with Gasteiger partial charge >= 0.3 is 0 Å². The first kappa shape index (κ1) is 20.8. The molecule has 1 N–H and O–H groups in total. The molecule has 0 aliphatic carbocycles. The van der Waals surface area contributed by atoms with E-state index in [1.807, 2.05) is 26.0 Å². The van der Waals surface area contributed by atoms with Crippen molar-refractivity contribution in [2.45, 2.75) is 33.2 Å². The minimum absolute atomic E-state index is 0.323. The third kappa shape index (κ3) is 5.23. The van der Waals surface area contributed by atoms with E-state index < -0.39 is 22.0 Å². The van der Waals surface area contributed by atoms with Gasteiger partial charge in [-0.1, -0.05) is 31.2 Å². The number of aryl methyl sites for hydroxylation is 1. The zero-order valence-corrected chi connectivity index (χ0v) is 16.9. The molecular formula is C20H26N2O4S. The van der Waals surface area contributed by atoms with Crippen molar-refractivity contribution in [2.24, 2.45) is 0 Å². The molecule has 0 aromatic heterocycles. The number of carbonyl (C=O) groups is 1. The average Bonchev–Trinajstić information content (AvgIpc) is 2.60. The van der Waals surface area contributed by atoms with Crippen molar-refractivity contribution in [1.29, 1.82) is 0 Å². The molecule has 0 bridgehead atoms. The fourth-order valence-corrected chi connectivity index (χ4v) is 4.10. The van der Waals surface area contributed by atoms with Crippen LogP contribution in [0, 0.1) is 6.92 Å². The lowest BCUT2D eigenvalue weighted by Crippen LogP contribution is -2.47. The van der Waals surface area contributed by atoms with Gasteiger partial charge in [-0.15, -0.1) is 0 Å². The van der Waals surface area contributed by atoms with Crippen LogP contribution in [-0.2, 0) is 14.8 Å². The van der Waals surface area contributed by atoms with E-state index in [4.69, 9.17) is 4.74 Å². The Hall–Kier alpha value is -2.54. The van der Waals surface area contributed by atoms with Crippen LogP contribution in [0.25, 0.3) is 0 Å². The molecule has 0 heterocycles. The normalized spacial score (nSPS) is 12.3. The molecule has 0 saturated heterocycles. The summed E-state index contributed by atoms with van der Waals surface area (Å²) in [5.74, 6) is 0.140. The van der Waals surface area contributed by atoms with Crippen molar-refractivity contribution in [1.82, 2.24) is 0 Å².